The number of esters is 1. The fourth-order valence-corrected chi connectivity index (χ4v) is 8.86. The maximum atomic E-state index is 14.4. The Morgan fingerprint density at radius 3 is 2.33 bits per heavy atom. The van der Waals surface area contributed by atoms with Gasteiger partial charge >= 0.3 is 12.1 Å². The zero-order chi connectivity index (χ0) is 40.4. The molecule has 0 radical (unpaired) electrons. The van der Waals surface area contributed by atoms with Crippen LogP contribution in [0, 0.1) is 23.7 Å². The van der Waals surface area contributed by atoms with E-state index in [1.165, 1.54) is 6.92 Å². The minimum absolute atomic E-state index is 0.0890. The maximum Gasteiger partial charge on any atom is 0.408 e. The molecule has 0 aliphatic carbocycles. The van der Waals surface area contributed by atoms with Crippen molar-refractivity contribution >= 4 is 40.5 Å². The van der Waals surface area contributed by atoms with Crippen molar-refractivity contribution in [3.05, 3.63) is 54.1 Å². The number of ketones is 2. The van der Waals surface area contributed by atoms with Gasteiger partial charge in [-0.15, -0.1) is 0 Å². The number of rotatable bonds is 8. The summed E-state index contributed by atoms with van der Waals surface area (Å²) in [5.41, 5.74) is -1.74. The number of nitrogens with zero attached hydrogens (tertiary/aromatic N) is 1. The molecule has 3 saturated heterocycles. The van der Waals surface area contributed by atoms with Crippen molar-refractivity contribution in [2.24, 2.45) is 23.7 Å². The number of likely N-dealkylation sites (N-methyl/N-ethyl adjacent to an activating group) is 1. The molecule has 3 heterocycles. The van der Waals surface area contributed by atoms with Crippen LogP contribution in [0.4, 0.5) is 4.79 Å². The molecule has 2 aromatic carbocycles. The summed E-state index contributed by atoms with van der Waals surface area (Å²) in [5, 5.41) is 16.6. The van der Waals surface area contributed by atoms with Gasteiger partial charge in [0.25, 0.3) is 0 Å². The SMILES string of the molecule is CCC1OC(=O)[C@H](C)C(=O)[C@H](C)[C@@H](O[C@@H]2O[C@H](C)C[C@H](N(C)C)[C@H]2O)[C@](C)(OC/C=C/c2ccc3ccccc3c2)C[C@@H](C)C(=O)[C@H](C)[C@H]2NC(=O)O[C@]12C. The lowest BCUT2D eigenvalue weighted by Crippen LogP contribution is -2.60. The molecule has 2 aromatic rings. The third-order valence-electron chi connectivity index (χ3n) is 12.1. The number of amides is 1. The highest BCUT2D eigenvalue weighted by Gasteiger charge is 2.57. The van der Waals surface area contributed by atoms with Crippen LogP contribution in [0.25, 0.3) is 16.8 Å². The van der Waals surface area contributed by atoms with Gasteiger partial charge in [0.2, 0.25) is 0 Å². The molecule has 1 unspecified atom stereocenters. The Balaban J connectivity index is 1.56. The molecule has 5 rings (SSSR count). The Hall–Kier alpha value is -3.68. The number of Topliss-reactive ketones (excluding diaryl/α,β-unsaturated/α-hetero) is 2. The molecule has 0 saturated carbocycles. The van der Waals surface area contributed by atoms with Gasteiger partial charge in [-0.1, -0.05) is 76.2 Å². The van der Waals surface area contributed by atoms with Gasteiger partial charge in [-0.05, 0) is 83.5 Å². The first kappa shape index (κ1) is 42.5. The number of hydrogen-bond acceptors (Lipinski definition) is 11. The summed E-state index contributed by atoms with van der Waals surface area (Å²) < 4.78 is 31.4. The second-order valence-electron chi connectivity index (χ2n) is 16.5. The standard InChI is InChI=1S/C43H60N2O10/c1-11-33-43(8)37(44-41(50)55-43)26(4)34(46)24(2)23-42(7,51-20-14-15-29-18-19-30-16-12-13-17-31(30)22-29)38(27(5)35(47)28(6)39(49)53-33)54-40-36(48)32(45(9)10)21-25(3)52-40/h12-19,22,24-28,32-33,36-38,40,48H,11,20-21,23H2,1-10H3,(H,44,50)/b15-14+/t24-,25-,26+,27+,28-,32+,33?,36-,37-,38-,40+,42-,43-/m1/s1. The summed E-state index contributed by atoms with van der Waals surface area (Å²) in [7, 11) is 3.75. The van der Waals surface area contributed by atoms with Gasteiger partial charge in [0.15, 0.2) is 17.7 Å². The molecule has 3 aliphatic heterocycles. The van der Waals surface area contributed by atoms with Crippen molar-refractivity contribution in [1.29, 1.82) is 0 Å². The van der Waals surface area contributed by atoms with E-state index in [1.54, 1.807) is 41.5 Å². The molecule has 0 bridgehead atoms. The van der Waals surface area contributed by atoms with Crippen LogP contribution in [0.1, 0.15) is 80.2 Å². The number of aliphatic hydroxyl groups excluding tert-OH is 1. The van der Waals surface area contributed by atoms with Gasteiger partial charge in [-0.3, -0.25) is 14.4 Å². The molecule has 0 spiro atoms. The quantitative estimate of drug-likeness (QED) is 0.251. The predicted molar refractivity (Wildman–Crippen MR) is 208 cm³/mol. The Labute approximate surface area is 325 Å². The normalized spacial score (nSPS) is 38.1. The minimum Gasteiger partial charge on any atom is -0.458 e. The summed E-state index contributed by atoms with van der Waals surface area (Å²) >= 11 is 0. The number of carbonyl (C=O) groups is 4. The number of aliphatic hydroxyl groups is 1. The van der Waals surface area contributed by atoms with Crippen LogP contribution in [0.2, 0.25) is 0 Å². The molecule has 3 fully saturated rings. The minimum atomic E-state index is -1.37. The van der Waals surface area contributed by atoms with Crippen LogP contribution in [0.5, 0.6) is 0 Å². The van der Waals surface area contributed by atoms with Gasteiger partial charge in [-0.2, -0.15) is 0 Å². The Morgan fingerprint density at radius 2 is 1.65 bits per heavy atom. The van der Waals surface area contributed by atoms with Crippen molar-refractivity contribution in [2.45, 2.75) is 129 Å². The van der Waals surface area contributed by atoms with Crippen molar-refractivity contribution in [1.82, 2.24) is 10.2 Å². The zero-order valence-corrected chi connectivity index (χ0v) is 33.9. The van der Waals surface area contributed by atoms with E-state index in [-0.39, 0.29) is 37.4 Å². The molecule has 1 amide bonds. The van der Waals surface area contributed by atoms with Crippen molar-refractivity contribution < 1.29 is 48.0 Å². The molecule has 2 N–H and O–H groups in total. The average molecular weight is 765 g/mol. The third kappa shape index (κ3) is 8.99. The van der Waals surface area contributed by atoms with E-state index < -0.39 is 83.4 Å². The van der Waals surface area contributed by atoms with E-state index in [9.17, 15) is 24.3 Å². The lowest BCUT2D eigenvalue weighted by Gasteiger charge is -2.47. The van der Waals surface area contributed by atoms with E-state index in [1.807, 2.05) is 62.3 Å². The summed E-state index contributed by atoms with van der Waals surface area (Å²) in [6, 6.07) is 13.1. The van der Waals surface area contributed by atoms with E-state index in [0.717, 1.165) is 16.3 Å². The van der Waals surface area contributed by atoms with Crippen LogP contribution in [0.3, 0.4) is 0 Å². The van der Waals surface area contributed by atoms with Crippen LogP contribution in [0.15, 0.2) is 48.5 Å². The number of carbonyl (C=O) groups excluding carboxylic acids is 4. The second kappa shape index (κ2) is 17.2. The summed E-state index contributed by atoms with van der Waals surface area (Å²) in [6.45, 7) is 13.9. The molecule has 12 nitrogen and oxygen atoms in total. The monoisotopic (exact) mass is 764 g/mol. The second-order valence-corrected chi connectivity index (χ2v) is 16.5. The van der Waals surface area contributed by atoms with Crippen molar-refractivity contribution in [3.8, 4) is 0 Å². The van der Waals surface area contributed by atoms with Crippen molar-refractivity contribution in [2.75, 3.05) is 20.7 Å². The predicted octanol–water partition coefficient (Wildman–Crippen LogP) is 5.71. The molecule has 55 heavy (non-hydrogen) atoms. The Bertz CT molecular complexity index is 1750. The highest BCUT2D eigenvalue weighted by Crippen LogP contribution is 2.40. The lowest BCUT2D eigenvalue weighted by molar-refractivity contribution is -0.296. The van der Waals surface area contributed by atoms with E-state index in [2.05, 4.69) is 23.5 Å². The third-order valence-corrected chi connectivity index (χ3v) is 12.1. The first-order valence-corrected chi connectivity index (χ1v) is 19.6. The molecule has 13 atom stereocenters. The van der Waals surface area contributed by atoms with Crippen LogP contribution in [-0.2, 0) is 38.1 Å². The summed E-state index contributed by atoms with van der Waals surface area (Å²) in [4.78, 5) is 57.3. The van der Waals surface area contributed by atoms with E-state index >= 15 is 0 Å². The van der Waals surface area contributed by atoms with Gasteiger partial charge in [0.1, 0.15) is 23.9 Å². The topological polar surface area (TPSA) is 150 Å². The van der Waals surface area contributed by atoms with Gasteiger partial charge < -0.3 is 39.0 Å². The number of fused-ring (bicyclic) bond motifs is 2. The molecular formula is C43H60N2O10. The van der Waals surface area contributed by atoms with Gasteiger partial charge in [-0.25, -0.2) is 4.79 Å². The Kier molecular flexibility index (Phi) is 13.3. The largest absolute Gasteiger partial charge is 0.458 e. The highest BCUT2D eigenvalue weighted by molar-refractivity contribution is 6.00. The number of nitrogens with one attached hydrogen (secondary N) is 1. The molecular weight excluding hydrogens is 704 g/mol. The first-order chi connectivity index (χ1) is 25.9. The van der Waals surface area contributed by atoms with E-state index in [4.69, 9.17) is 23.7 Å². The highest BCUT2D eigenvalue weighted by atomic mass is 16.7. The summed E-state index contributed by atoms with van der Waals surface area (Å²) in [6.07, 6.45) is -0.482. The Morgan fingerprint density at radius 1 is 0.964 bits per heavy atom. The van der Waals surface area contributed by atoms with Crippen LogP contribution < -0.4 is 5.32 Å². The fourth-order valence-electron chi connectivity index (χ4n) is 8.86. The van der Waals surface area contributed by atoms with Gasteiger partial charge in [0, 0.05) is 23.8 Å². The maximum absolute atomic E-state index is 14.4. The number of ether oxygens (including phenoxy) is 5. The zero-order valence-electron chi connectivity index (χ0n) is 33.9. The van der Waals surface area contributed by atoms with Crippen molar-refractivity contribution in [3.63, 3.8) is 0 Å². The van der Waals surface area contributed by atoms with E-state index in [0.29, 0.717) is 6.42 Å². The molecule has 302 valence electrons. The van der Waals surface area contributed by atoms with Gasteiger partial charge in [0.05, 0.1) is 30.5 Å². The number of benzene rings is 2. The number of hydrogen-bond donors (Lipinski definition) is 2. The number of alkyl carbamates (subject to hydrolysis) is 1. The molecule has 12 heteroatoms. The summed E-state index contributed by atoms with van der Waals surface area (Å²) in [5.74, 6) is -5.06. The smallest absolute Gasteiger partial charge is 0.408 e. The van der Waals surface area contributed by atoms with Crippen LogP contribution in [-0.4, -0.2) is 108 Å². The lowest BCUT2D eigenvalue weighted by atomic mass is 9.73. The number of cyclic esters (lactones) is 1. The first-order valence-electron chi connectivity index (χ1n) is 19.6. The van der Waals surface area contributed by atoms with Crippen LogP contribution >= 0.6 is 0 Å². The average Bonchev–Trinajstić information content (AvgIpc) is 3.47. The molecule has 3 aliphatic rings. The molecule has 0 aromatic heterocycles. The fraction of sp³-hybridized carbons (Fsp3) is 0.628.